The minimum atomic E-state index is -0.946. The minimum absolute atomic E-state index is 0.0644. The summed E-state index contributed by atoms with van der Waals surface area (Å²) in [5, 5.41) is 14.7. The number of carbonyl (C=O) groups excluding carboxylic acids is 5. The maximum Gasteiger partial charge on any atom is 0.326 e. The average molecular weight is 602 g/mol. The number of benzene rings is 1. The van der Waals surface area contributed by atoms with Crippen LogP contribution in [-0.4, -0.2) is 72.7 Å². The summed E-state index contributed by atoms with van der Waals surface area (Å²) in [6.07, 6.45) is 3.83. The van der Waals surface area contributed by atoms with Crippen LogP contribution < -0.4 is 15.5 Å². The van der Waals surface area contributed by atoms with Gasteiger partial charge in [0.05, 0.1) is 17.9 Å². The van der Waals surface area contributed by atoms with E-state index >= 15 is 0 Å². The molecule has 2 aliphatic rings. The van der Waals surface area contributed by atoms with Crippen molar-refractivity contribution in [1.82, 2.24) is 10.6 Å². The van der Waals surface area contributed by atoms with Crippen LogP contribution in [0.5, 0.6) is 0 Å². The van der Waals surface area contributed by atoms with Crippen molar-refractivity contribution in [2.24, 2.45) is 11.3 Å². The molecule has 11 heteroatoms. The Morgan fingerprint density at radius 2 is 1.84 bits per heavy atom. The molecule has 1 aliphatic heterocycles. The number of esters is 2. The Morgan fingerprint density at radius 3 is 2.49 bits per heavy atom. The number of aliphatic hydroxyl groups is 1. The molecule has 1 aromatic carbocycles. The lowest BCUT2D eigenvalue weighted by Crippen LogP contribution is -2.53. The number of anilines is 1. The third kappa shape index (κ3) is 9.51. The molecule has 0 radical (unpaired) electrons. The van der Waals surface area contributed by atoms with E-state index in [1.165, 1.54) is 4.90 Å². The molecule has 238 valence electrons. The number of aryl methyl sites for hydroxylation is 1. The highest BCUT2D eigenvalue weighted by atomic mass is 16.6. The van der Waals surface area contributed by atoms with Gasteiger partial charge in [-0.25, -0.2) is 0 Å². The van der Waals surface area contributed by atoms with Crippen molar-refractivity contribution >= 4 is 35.3 Å². The number of nitrogens with one attached hydrogen (secondary N) is 2. The molecule has 0 spiro atoms. The van der Waals surface area contributed by atoms with Gasteiger partial charge in [0.1, 0.15) is 18.2 Å². The van der Waals surface area contributed by atoms with Gasteiger partial charge >= 0.3 is 11.9 Å². The third-order valence-corrected chi connectivity index (χ3v) is 7.95. The Morgan fingerprint density at radius 1 is 1.14 bits per heavy atom. The lowest BCUT2D eigenvalue weighted by molar-refractivity contribution is -0.153. The Hall–Kier alpha value is -3.47. The van der Waals surface area contributed by atoms with E-state index in [9.17, 15) is 24.0 Å². The molecule has 0 unspecified atom stereocenters. The maximum absolute atomic E-state index is 14.0. The lowest BCUT2D eigenvalue weighted by atomic mass is 9.75. The highest BCUT2D eigenvalue weighted by Crippen LogP contribution is 2.44. The summed E-state index contributed by atoms with van der Waals surface area (Å²) in [5.41, 5.74) is -0.168. The molecular weight excluding hydrogens is 554 g/mol. The van der Waals surface area contributed by atoms with Gasteiger partial charge in [-0.3, -0.25) is 28.9 Å². The number of ether oxygens (including phenoxy) is 2. The average Bonchev–Trinajstić information content (AvgIpc) is 3.38. The summed E-state index contributed by atoms with van der Waals surface area (Å²) >= 11 is 0. The van der Waals surface area contributed by atoms with Crippen LogP contribution in [0.2, 0.25) is 0 Å². The Balaban J connectivity index is 1.82. The first-order valence-corrected chi connectivity index (χ1v) is 15.4. The predicted octanol–water partition coefficient (Wildman–Crippen LogP) is 2.81. The number of fused-ring (bicyclic) bond motifs is 1. The lowest BCUT2D eigenvalue weighted by Gasteiger charge is -2.33. The Labute approximate surface area is 254 Å². The van der Waals surface area contributed by atoms with E-state index in [0.717, 1.165) is 18.4 Å². The summed E-state index contributed by atoms with van der Waals surface area (Å²) < 4.78 is 10.8. The fourth-order valence-electron chi connectivity index (χ4n) is 5.98. The summed E-state index contributed by atoms with van der Waals surface area (Å²) in [7, 11) is 0. The van der Waals surface area contributed by atoms with Crippen LogP contribution in [0.1, 0.15) is 84.6 Å². The molecule has 2 atom stereocenters. The van der Waals surface area contributed by atoms with Crippen molar-refractivity contribution in [3.63, 3.8) is 0 Å². The largest absolute Gasteiger partial charge is 0.466 e. The van der Waals surface area contributed by atoms with Crippen molar-refractivity contribution in [1.29, 1.82) is 0 Å². The molecule has 43 heavy (non-hydrogen) atoms. The maximum atomic E-state index is 14.0. The van der Waals surface area contributed by atoms with Crippen molar-refractivity contribution in [3.8, 4) is 0 Å². The van der Waals surface area contributed by atoms with Gasteiger partial charge in [0, 0.05) is 25.3 Å². The second-order valence-electron chi connectivity index (χ2n) is 12.5. The molecule has 11 nitrogen and oxygen atoms in total. The molecule has 1 heterocycles. The minimum Gasteiger partial charge on any atom is -0.466 e. The smallest absolute Gasteiger partial charge is 0.326 e. The fraction of sp³-hybridized carbons (Fsp3) is 0.656. The van der Waals surface area contributed by atoms with E-state index in [1.54, 1.807) is 39.8 Å². The number of nitrogens with zero attached hydrogens (tertiary/aromatic N) is 1. The van der Waals surface area contributed by atoms with E-state index in [1.807, 2.05) is 12.1 Å². The molecule has 3 rings (SSSR count). The fourth-order valence-corrected chi connectivity index (χ4v) is 5.98. The zero-order valence-electron chi connectivity index (χ0n) is 25.9. The molecule has 1 saturated carbocycles. The number of hydrogen-bond acceptors (Lipinski definition) is 8. The first kappa shape index (κ1) is 34.0. The second kappa shape index (κ2) is 15.3. The summed E-state index contributed by atoms with van der Waals surface area (Å²) in [6, 6.07) is 6.48. The molecule has 0 saturated heterocycles. The first-order valence-electron chi connectivity index (χ1n) is 15.4. The summed E-state index contributed by atoms with van der Waals surface area (Å²) in [6.45, 7) is 7.03. The van der Waals surface area contributed by atoms with Crippen LogP contribution in [0.25, 0.3) is 0 Å². The zero-order chi connectivity index (χ0) is 31.6. The van der Waals surface area contributed by atoms with Gasteiger partial charge in [0.15, 0.2) is 0 Å². The van der Waals surface area contributed by atoms with Gasteiger partial charge in [-0.15, -0.1) is 0 Å². The van der Waals surface area contributed by atoms with Gasteiger partial charge < -0.3 is 25.2 Å². The summed E-state index contributed by atoms with van der Waals surface area (Å²) in [5.74, 6) is -3.01. The first-order chi connectivity index (χ1) is 20.4. The zero-order valence-corrected chi connectivity index (χ0v) is 25.9. The quantitative estimate of drug-likeness (QED) is 0.231. The SMILES string of the molecule is CCOC(=O)[C@H](CC(=O)NCCCO)CC1(C(=O)N[C@H]2CCc3ccccc3N(CC(=O)OC(C)(C)C)C2=O)CCCC1. The van der Waals surface area contributed by atoms with E-state index in [0.29, 0.717) is 37.8 Å². The monoisotopic (exact) mass is 601 g/mol. The number of amides is 3. The van der Waals surface area contributed by atoms with Gasteiger partial charge in [-0.2, -0.15) is 0 Å². The van der Waals surface area contributed by atoms with Crippen molar-refractivity contribution < 1.29 is 38.6 Å². The normalized spacial score (nSPS) is 18.7. The van der Waals surface area contributed by atoms with Gasteiger partial charge in [-0.1, -0.05) is 31.0 Å². The van der Waals surface area contributed by atoms with Crippen molar-refractivity contribution in [2.45, 2.75) is 97.1 Å². The standard InChI is InChI=1S/C32H47N3O8/c1-5-42-29(40)23(19-26(37)33-17-10-18-36)20-32(15-8-9-16-32)30(41)34-24-14-13-22-11-6-7-12-25(22)35(28(24)39)21-27(38)43-31(2,3)4/h6-7,11-12,23-24,36H,5,8-10,13-21H2,1-4H3,(H,33,37)(H,34,41)/t23-,24+/m1/s1. The predicted molar refractivity (Wildman–Crippen MR) is 160 cm³/mol. The van der Waals surface area contributed by atoms with Gasteiger partial charge in [0.25, 0.3) is 0 Å². The molecule has 0 bridgehead atoms. The second-order valence-corrected chi connectivity index (χ2v) is 12.5. The Bertz CT molecular complexity index is 1160. The number of hydrogen-bond donors (Lipinski definition) is 3. The van der Waals surface area contributed by atoms with Crippen LogP contribution in [0, 0.1) is 11.3 Å². The van der Waals surface area contributed by atoms with Crippen LogP contribution in [0.4, 0.5) is 5.69 Å². The molecule has 1 aromatic rings. The van der Waals surface area contributed by atoms with Gasteiger partial charge in [0.2, 0.25) is 17.7 Å². The van der Waals surface area contributed by atoms with E-state index in [-0.39, 0.29) is 51.0 Å². The van der Waals surface area contributed by atoms with Crippen molar-refractivity contribution in [3.05, 3.63) is 29.8 Å². The Kier molecular flexibility index (Phi) is 12.1. The van der Waals surface area contributed by atoms with Crippen LogP contribution in [-0.2, 0) is 39.9 Å². The topological polar surface area (TPSA) is 151 Å². The summed E-state index contributed by atoms with van der Waals surface area (Å²) in [4.78, 5) is 67.7. The van der Waals surface area contributed by atoms with E-state index in [2.05, 4.69) is 10.6 Å². The van der Waals surface area contributed by atoms with Crippen LogP contribution >= 0.6 is 0 Å². The van der Waals surface area contributed by atoms with Crippen LogP contribution in [0.3, 0.4) is 0 Å². The number of aliphatic hydroxyl groups excluding tert-OH is 1. The van der Waals surface area contributed by atoms with E-state index < -0.39 is 40.8 Å². The van der Waals surface area contributed by atoms with E-state index in [4.69, 9.17) is 14.6 Å². The highest BCUT2D eigenvalue weighted by molar-refractivity contribution is 6.03. The number of para-hydroxylation sites is 1. The number of rotatable bonds is 13. The van der Waals surface area contributed by atoms with Crippen molar-refractivity contribution in [2.75, 3.05) is 31.2 Å². The molecule has 3 amide bonds. The molecule has 1 fully saturated rings. The molecule has 0 aromatic heterocycles. The highest BCUT2D eigenvalue weighted by Gasteiger charge is 2.46. The third-order valence-electron chi connectivity index (χ3n) is 7.95. The van der Waals surface area contributed by atoms with Gasteiger partial charge in [-0.05, 0) is 77.8 Å². The molecular formula is C32H47N3O8. The number of carbonyl (C=O) groups is 5. The molecule has 1 aliphatic carbocycles. The molecule has 3 N–H and O–H groups in total. The van der Waals surface area contributed by atoms with Crippen LogP contribution in [0.15, 0.2) is 24.3 Å².